The fourth-order valence-corrected chi connectivity index (χ4v) is 10.1. The van der Waals surface area contributed by atoms with Crippen LogP contribution in [0.4, 0.5) is 0 Å². The predicted molar refractivity (Wildman–Crippen MR) is 161 cm³/mol. The Morgan fingerprint density at radius 3 is 1.94 bits per heavy atom. The summed E-state index contributed by atoms with van der Waals surface area (Å²) in [5.74, 6) is 0. The zero-order valence-corrected chi connectivity index (χ0v) is 26.6. The predicted octanol–water partition coefficient (Wildman–Crippen LogP) is 10.9. The van der Waals surface area contributed by atoms with Gasteiger partial charge in [0.15, 0.2) is 0 Å². The average Bonchev–Trinajstić information content (AvgIpc) is 3.57. The first-order valence-electron chi connectivity index (χ1n) is 13.6. The van der Waals surface area contributed by atoms with E-state index in [1.807, 2.05) is 0 Å². The molecule has 0 nitrogen and oxygen atoms in total. The molecule has 4 aromatic carbocycles. The molecule has 0 aromatic heterocycles. The molecule has 0 heterocycles. The fourth-order valence-electron chi connectivity index (χ4n) is 6.26. The Kier molecular flexibility index (Phi) is 11.6. The molecule has 190 valence electrons. The van der Waals surface area contributed by atoms with Gasteiger partial charge in [-0.3, -0.25) is 0 Å². The summed E-state index contributed by atoms with van der Waals surface area (Å²) in [4.78, 5) is 0. The molecular weight excluding hydrogens is 577 g/mol. The van der Waals surface area contributed by atoms with Crippen molar-refractivity contribution in [3.63, 3.8) is 0 Å². The van der Waals surface area contributed by atoms with Crippen molar-refractivity contribution in [2.45, 2.75) is 89.4 Å². The number of halogens is 2. The molecule has 2 aliphatic carbocycles. The first-order chi connectivity index (χ1) is 17.6. The Labute approximate surface area is 238 Å². The zero-order valence-electron chi connectivity index (χ0n) is 21.8. The van der Waals surface area contributed by atoms with E-state index >= 15 is 0 Å². The summed E-state index contributed by atoms with van der Waals surface area (Å²) in [7, 11) is 9.93. The number of fused-ring (bicyclic) bond motifs is 2. The van der Waals surface area contributed by atoms with Crippen LogP contribution in [0.5, 0.6) is 0 Å². The van der Waals surface area contributed by atoms with E-state index in [2.05, 4.69) is 80.6 Å². The second kappa shape index (κ2) is 14.6. The van der Waals surface area contributed by atoms with Crippen LogP contribution >= 0.6 is 24.9 Å². The van der Waals surface area contributed by atoms with Crippen molar-refractivity contribution < 1.29 is 20.8 Å². The Morgan fingerprint density at radius 2 is 1.36 bits per heavy atom. The van der Waals surface area contributed by atoms with Gasteiger partial charge in [-0.2, -0.15) is 18.2 Å². The molecule has 0 aliphatic heterocycles. The van der Waals surface area contributed by atoms with E-state index in [0.717, 1.165) is 11.3 Å². The van der Waals surface area contributed by atoms with E-state index in [1.165, 1.54) is 96.9 Å². The number of hydrogen-bond acceptors (Lipinski definition) is 0. The molecule has 0 radical (unpaired) electrons. The van der Waals surface area contributed by atoms with Gasteiger partial charge >= 0.3 is 37.9 Å². The second-order valence-electron chi connectivity index (χ2n) is 10.5. The summed E-state index contributed by atoms with van der Waals surface area (Å²) in [6.45, 7) is 4.31. The van der Waals surface area contributed by atoms with Crippen LogP contribution in [0.2, 0.25) is 0 Å². The molecule has 0 saturated heterocycles. The summed E-state index contributed by atoms with van der Waals surface area (Å²) >= 11 is -0.826. The molecule has 2 aliphatic rings. The minimum atomic E-state index is -0.826. The first-order valence-corrected chi connectivity index (χ1v) is 21.4. The summed E-state index contributed by atoms with van der Waals surface area (Å²) in [5, 5.41) is 7.46. The molecule has 0 atom stereocenters. The van der Waals surface area contributed by atoms with Crippen LogP contribution < -0.4 is 5.30 Å². The molecule has 0 bridgehead atoms. The molecule has 2 saturated carbocycles. The molecule has 36 heavy (non-hydrogen) atoms. The van der Waals surface area contributed by atoms with Crippen molar-refractivity contribution in [1.82, 2.24) is 0 Å². The number of hydrogen-bond donors (Lipinski definition) is 0. The van der Waals surface area contributed by atoms with Gasteiger partial charge in [-0.05, 0) is 43.9 Å². The third kappa shape index (κ3) is 7.35. The summed E-state index contributed by atoms with van der Waals surface area (Å²) in [6, 6.07) is 24.9. The van der Waals surface area contributed by atoms with Crippen LogP contribution in [0, 0.1) is 13.8 Å². The van der Waals surface area contributed by atoms with Crippen LogP contribution in [-0.4, -0.2) is 11.3 Å². The van der Waals surface area contributed by atoms with E-state index in [-0.39, 0.29) is 7.92 Å². The quantitative estimate of drug-likeness (QED) is 0.159. The molecular formula is C32H39Cl2PZr. The third-order valence-electron chi connectivity index (χ3n) is 8.09. The number of aryl methyl sites for hydroxylation is 2. The van der Waals surface area contributed by atoms with E-state index in [4.69, 9.17) is 17.0 Å². The van der Waals surface area contributed by atoms with Crippen LogP contribution in [0.25, 0.3) is 21.5 Å². The van der Waals surface area contributed by atoms with Crippen molar-refractivity contribution in [2.75, 3.05) is 0 Å². The molecule has 6 rings (SSSR count). The van der Waals surface area contributed by atoms with Gasteiger partial charge in [-0.1, -0.05) is 71.1 Å². The molecule has 4 heteroatoms. The monoisotopic (exact) mass is 614 g/mol. The summed E-state index contributed by atoms with van der Waals surface area (Å²) in [6.07, 6.45) is 14.9. The molecule has 2 fully saturated rings. The SMILES string of the molecule is Cc1ccc(C)c2[cH-]ccc12.[Cl][Zr+2][Cl].c1ccc2[cH-]c(P(C3CCCCC3)C3CCCCC3)cc2c1. The van der Waals surface area contributed by atoms with Gasteiger partial charge in [0.25, 0.3) is 0 Å². The van der Waals surface area contributed by atoms with E-state index in [0.29, 0.717) is 0 Å². The topological polar surface area (TPSA) is 0 Å². The van der Waals surface area contributed by atoms with Gasteiger partial charge in [0.1, 0.15) is 0 Å². The van der Waals surface area contributed by atoms with Gasteiger partial charge < -0.3 is 0 Å². The number of rotatable bonds is 3. The van der Waals surface area contributed by atoms with Crippen LogP contribution in [0.15, 0.2) is 66.7 Å². The van der Waals surface area contributed by atoms with Crippen LogP contribution in [-0.2, 0) is 20.8 Å². The van der Waals surface area contributed by atoms with E-state index in [9.17, 15) is 0 Å². The van der Waals surface area contributed by atoms with Crippen LogP contribution in [0.3, 0.4) is 0 Å². The van der Waals surface area contributed by atoms with Gasteiger partial charge in [0.05, 0.1) is 0 Å². The molecule has 0 spiro atoms. The molecule has 0 amide bonds. The van der Waals surface area contributed by atoms with Gasteiger partial charge in [0.2, 0.25) is 0 Å². The summed E-state index contributed by atoms with van der Waals surface area (Å²) < 4.78 is 0. The molecule has 4 aromatic rings. The minimum absolute atomic E-state index is 0.0611. The Bertz CT molecular complexity index is 1110. The number of benzene rings is 2. The van der Waals surface area contributed by atoms with Crippen molar-refractivity contribution >= 4 is 51.8 Å². The molecule has 0 unspecified atom stereocenters. The second-order valence-corrected chi connectivity index (χ2v) is 17.0. The maximum Gasteiger partial charge on any atom is -0.0181 e. The zero-order chi connectivity index (χ0) is 25.3. The van der Waals surface area contributed by atoms with Crippen molar-refractivity contribution in [3.05, 3.63) is 77.9 Å². The normalized spacial score (nSPS) is 16.8. The minimum Gasteiger partial charge on any atom is -0.161 e. The molecule has 0 N–H and O–H groups in total. The summed E-state index contributed by atoms with van der Waals surface area (Å²) in [5.41, 5.74) is 4.78. The van der Waals surface area contributed by atoms with Crippen molar-refractivity contribution in [1.29, 1.82) is 0 Å². The Hall–Kier alpha value is -0.447. The third-order valence-corrected chi connectivity index (χ3v) is 11.5. The smallest absolute Gasteiger partial charge is 0.0181 e. The van der Waals surface area contributed by atoms with Crippen molar-refractivity contribution in [2.24, 2.45) is 0 Å². The Morgan fingerprint density at radius 1 is 0.778 bits per heavy atom. The fraction of sp³-hybridized carbons (Fsp3) is 0.438. The maximum atomic E-state index is 4.93. The van der Waals surface area contributed by atoms with Gasteiger partial charge in [-0.25, -0.2) is 0 Å². The van der Waals surface area contributed by atoms with Gasteiger partial charge in [0, 0.05) is 0 Å². The van der Waals surface area contributed by atoms with Crippen molar-refractivity contribution in [3.8, 4) is 0 Å². The van der Waals surface area contributed by atoms with E-state index < -0.39 is 20.8 Å². The standard InChI is InChI=1S/C21H28P.C11H11.2ClH.Zr/c1-3-11-19(12-4-1)22(20-13-5-2-6-14-20)21-15-17-9-7-8-10-18(17)16-21;1-8-6-7-9(2)11-5-3-4-10(8)11;;;/h7-10,15-16,19-20H,1-6,11-14H2;3-7H,1-2H3;2*1H;/q2*-1;;;+4/p-2. The maximum absolute atomic E-state index is 4.93. The van der Waals surface area contributed by atoms with Crippen LogP contribution in [0.1, 0.15) is 75.3 Å². The van der Waals surface area contributed by atoms with Gasteiger partial charge in [-0.15, -0.1) is 68.8 Å². The largest absolute Gasteiger partial charge is 0.161 e. The average molecular weight is 617 g/mol. The Balaban J connectivity index is 0.000000181. The first kappa shape index (κ1) is 28.6. The van der Waals surface area contributed by atoms with E-state index in [1.54, 1.807) is 5.30 Å².